The Morgan fingerprint density at radius 1 is 1.07 bits per heavy atom. The molecular formula is C33H47N5O5S. The van der Waals surface area contributed by atoms with E-state index in [0.29, 0.717) is 37.5 Å². The monoisotopic (exact) mass is 625 g/mol. The molecule has 10 nitrogen and oxygen atoms in total. The third-order valence-corrected chi connectivity index (χ3v) is 10.6. The first-order valence-electron chi connectivity index (χ1n) is 15.5. The van der Waals surface area contributed by atoms with E-state index >= 15 is 0 Å². The third kappa shape index (κ3) is 7.44. The Labute approximate surface area is 262 Å². The Morgan fingerprint density at radius 3 is 2.50 bits per heavy atom. The van der Waals surface area contributed by atoms with Crippen molar-refractivity contribution in [1.82, 2.24) is 19.1 Å². The van der Waals surface area contributed by atoms with Crippen LogP contribution in [0, 0.1) is 6.92 Å². The van der Waals surface area contributed by atoms with Crippen LogP contribution in [-0.4, -0.2) is 78.6 Å². The second-order valence-electron chi connectivity index (χ2n) is 13.4. The predicted octanol–water partition coefficient (Wildman–Crippen LogP) is 5.16. The standard InChI is InChI=1S/C33H47N5O5S/c1-25-8-13-29(14-9-25)44(39,40)38-20-28(12-11-27(38)19-32(2,3)37-23-34-35-24-37)42-21-26-10-15-31-30(18-26)36(16-7-17-41-6)22-33(4,5)43-31/h8-10,13-15,18,23-24,27-28H,7,11-12,16-17,19-22H2,1-6H3/t27-,28+/m0/s1. The van der Waals surface area contributed by atoms with Crippen molar-refractivity contribution in [2.45, 2.75) is 95.1 Å². The van der Waals surface area contributed by atoms with Gasteiger partial charge < -0.3 is 23.7 Å². The van der Waals surface area contributed by atoms with Gasteiger partial charge in [-0.05, 0) is 90.1 Å². The van der Waals surface area contributed by atoms with Crippen LogP contribution in [0.5, 0.6) is 5.75 Å². The second kappa shape index (κ2) is 13.2. The maximum atomic E-state index is 14.1. The summed E-state index contributed by atoms with van der Waals surface area (Å²) in [7, 11) is -2.02. The van der Waals surface area contributed by atoms with Gasteiger partial charge in [0.25, 0.3) is 0 Å². The minimum absolute atomic E-state index is 0.191. The average molecular weight is 626 g/mol. The van der Waals surface area contributed by atoms with Gasteiger partial charge in [0, 0.05) is 38.4 Å². The molecule has 2 aliphatic rings. The first-order chi connectivity index (χ1) is 20.9. The van der Waals surface area contributed by atoms with Crippen molar-refractivity contribution in [2.24, 2.45) is 0 Å². The van der Waals surface area contributed by atoms with E-state index in [2.05, 4.69) is 48.9 Å². The van der Waals surface area contributed by atoms with E-state index in [1.165, 1.54) is 0 Å². The molecule has 44 heavy (non-hydrogen) atoms. The number of sulfonamides is 1. The lowest BCUT2D eigenvalue weighted by Crippen LogP contribution is -2.51. The van der Waals surface area contributed by atoms with E-state index in [0.717, 1.165) is 48.5 Å². The predicted molar refractivity (Wildman–Crippen MR) is 170 cm³/mol. The fourth-order valence-corrected chi connectivity index (χ4v) is 8.00. The van der Waals surface area contributed by atoms with E-state index in [1.807, 2.05) is 35.8 Å². The number of hydrogen-bond acceptors (Lipinski definition) is 8. The summed E-state index contributed by atoms with van der Waals surface area (Å²) in [5.74, 6) is 0.869. The molecule has 0 amide bonds. The highest BCUT2D eigenvalue weighted by Gasteiger charge is 2.40. The Morgan fingerprint density at radius 2 is 1.80 bits per heavy atom. The van der Waals surface area contributed by atoms with Gasteiger partial charge in [-0.2, -0.15) is 4.31 Å². The molecule has 2 aliphatic heterocycles. The molecule has 0 radical (unpaired) electrons. The van der Waals surface area contributed by atoms with E-state index < -0.39 is 10.0 Å². The Kier molecular flexibility index (Phi) is 9.69. The number of anilines is 1. The number of rotatable bonds is 12. The number of hydrogen-bond donors (Lipinski definition) is 0. The van der Waals surface area contributed by atoms with Gasteiger partial charge in [0.2, 0.25) is 10.0 Å². The van der Waals surface area contributed by atoms with Crippen LogP contribution in [0.15, 0.2) is 60.0 Å². The normalized spacial score (nSPS) is 20.7. The molecule has 3 aromatic rings. The van der Waals surface area contributed by atoms with Crippen LogP contribution in [0.3, 0.4) is 0 Å². The number of fused-ring (bicyclic) bond motifs is 1. The zero-order valence-electron chi connectivity index (χ0n) is 26.9. The lowest BCUT2D eigenvalue weighted by Gasteiger charge is -2.42. The molecule has 3 heterocycles. The number of aromatic nitrogens is 3. The highest BCUT2D eigenvalue weighted by Crippen LogP contribution is 2.38. The summed E-state index contributed by atoms with van der Waals surface area (Å²) in [4.78, 5) is 2.67. The largest absolute Gasteiger partial charge is 0.484 e. The minimum Gasteiger partial charge on any atom is -0.484 e. The number of piperidine rings is 1. The summed E-state index contributed by atoms with van der Waals surface area (Å²) in [5.41, 5.74) is 2.46. The number of methoxy groups -OCH3 is 1. The molecule has 0 bridgehead atoms. The molecule has 1 saturated heterocycles. The quantitative estimate of drug-likeness (QED) is 0.255. The van der Waals surface area contributed by atoms with E-state index in [4.69, 9.17) is 14.2 Å². The smallest absolute Gasteiger partial charge is 0.243 e. The third-order valence-electron chi connectivity index (χ3n) is 8.68. The SMILES string of the molecule is COCCCN1CC(C)(C)Oc2ccc(CO[C@@H]3CC[C@@H](CC(C)(C)n4cnnc4)N(S(=O)(=O)c4ccc(C)cc4)C3)cc21. The molecule has 2 aromatic carbocycles. The lowest BCUT2D eigenvalue weighted by molar-refractivity contribution is -0.00963. The lowest BCUT2D eigenvalue weighted by atomic mass is 9.89. The fourth-order valence-electron chi connectivity index (χ4n) is 6.31. The van der Waals surface area contributed by atoms with Crippen molar-refractivity contribution in [3.63, 3.8) is 0 Å². The van der Waals surface area contributed by atoms with Gasteiger partial charge in [-0.3, -0.25) is 0 Å². The molecule has 0 aliphatic carbocycles. The van der Waals surface area contributed by atoms with Gasteiger partial charge >= 0.3 is 0 Å². The maximum Gasteiger partial charge on any atom is 0.243 e. The average Bonchev–Trinajstić information content (AvgIpc) is 3.53. The molecule has 0 spiro atoms. The number of benzene rings is 2. The first-order valence-corrected chi connectivity index (χ1v) is 16.9. The topological polar surface area (TPSA) is 99.0 Å². The Balaban J connectivity index is 1.33. The molecule has 5 rings (SSSR count). The molecule has 240 valence electrons. The molecular weight excluding hydrogens is 578 g/mol. The number of ether oxygens (including phenoxy) is 3. The van der Waals surface area contributed by atoms with Crippen LogP contribution in [0.2, 0.25) is 0 Å². The maximum absolute atomic E-state index is 14.1. The van der Waals surface area contributed by atoms with Crippen molar-refractivity contribution < 1.29 is 22.6 Å². The minimum atomic E-state index is -3.75. The zero-order valence-corrected chi connectivity index (χ0v) is 27.7. The van der Waals surface area contributed by atoms with Crippen molar-refractivity contribution in [3.8, 4) is 5.75 Å². The molecule has 11 heteroatoms. The molecule has 1 fully saturated rings. The second-order valence-corrected chi connectivity index (χ2v) is 15.3. The van der Waals surface area contributed by atoms with Gasteiger partial charge in [0.15, 0.2) is 0 Å². The fraction of sp³-hybridized carbons (Fsp3) is 0.576. The van der Waals surface area contributed by atoms with Crippen LogP contribution in [0.4, 0.5) is 5.69 Å². The van der Waals surface area contributed by atoms with Crippen molar-refractivity contribution in [3.05, 3.63) is 66.2 Å². The Hall–Kier alpha value is -2.99. The van der Waals surface area contributed by atoms with Gasteiger partial charge in [-0.15, -0.1) is 10.2 Å². The summed E-state index contributed by atoms with van der Waals surface area (Å²) in [6.07, 6.45) is 6.18. The zero-order chi connectivity index (χ0) is 31.5. The highest BCUT2D eigenvalue weighted by atomic mass is 32.2. The van der Waals surface area contributed by atoms with Gasteiger partial charge in [-0.25, -0.2) is 8.42 Å². The van der Waals surface area contributed by atoms with Crippen LogP contribution in [0.25, 0.3) is 0 Å². The molecule has 0 unspecified atom stereocenters. The van der Waals surface area contributed by atoms with Gasteiger partial charge in [0.1, 0.15) is 24.0 Å². The van der Waals surface area contributed by atoms with Crippen molar-refractivity contribution in [2.75, 3.05) is 38.3 Å². The number of aryl methyl sites for hydroxylation is 1. The van der Waals surface area contributed by atoms with E-state index in [9.17, 15) is 8.42 Å². The Bertz CT molecular complexity index is 1490. The van der Waals surface area contributed by atoms with Gasteiger partial charge in [-0.1, -0.05) is 23.8 Å². The van der Waals surface area contributed by atoms with Crippen molar-refractivity contribution in [1.29, 1.82) is 0 Å². The van der Waals surface area contributed by atoms with E-state index in [-0.39, 0.29) is 23.3 Å². The van der Waals surface area contributed by atoms with Crippen LogP contribution in [-0.2, 0) is 31.6 Å². The molecule has 0 N–H and O–H groups in total. The first kappa shape index (κ1) is 32.4. The van der Waals surface area contributed by atoms with Crippen LogP contribution < -0.4 is 9.64 Å². The van der Waals surface area contributed by atoms with Crippen LogP contribution >= 0.6 is 0 Å². The summed E-state index contributed by atoms with van der Waals surface area (Å²) in [5, 5.41) is 7.94. The summed E-state index contributed by atoms with van der Waals surface area (Å²) in [6.45, 7) is 13.4. The van der Waals surface area contributed by atoms with Gasteiger partial charge in [0.05, 0.1) is 29.8 Å². The summed E-state index contributed by atoms with van der Waals surface area (Å²) < 4.78 is 49.8. The summed E-state index contributed by atoms with van der Waals surface area (Å²) in [6, 6.07) is 13.1. The molecule has 2 atom stereocenters. The van der Waals surface area contributed by atoms with Crippen molar-refractivity contribution >= 4 is 15.7 Å². The van der Waals surface area contributed by atoms with Crippen LogP contribution in [0.1, 0.15) is 64.5 Å². The highest BCUT2D eigenvalue weighted by molar-refractivity contribution is 7.89. The number of nitrogens with zero attached hydrogens (tertiary/aromatic N) is 5. The molecule has 0 saturated carbocycles. The molecule has 1 aromatic heterocycles. The van der Waals surface area contributed by atoms with E-state index in [1.54, 1.807) is 36.2 Å². The summed E-state index contributed by atoms with van der Waals surface area (Å²) >= 11 is 0.